The number of halogens is 2. The zero-order chi connectivity index (χ0) is 22.5. The minimum atomic E-state index is -0.738. The summed E-state index contributed by atoms with van der Waals surface area (Å²) in [6, 6.07) is 7.17. The highest BCUT2D eigenvalue weighted by Gasteiger charge is 2.32. The highest BCUT2D eigenvalue weighted by atomic mass is 19.2. The molecular formula is C29H36F2O. The second-order valence-electron chi connectivity index (χ2n) is 9.67. The van der Waals surface area contributed by atoms with Crippen molar-refractivity contribution in [3.8, 4) is 5.75 Å². The molecule has 0 spiro atoms. The summed E-state index contributed by atoms with van der Waals surface area (Å²) < 4.78 is 35.7. The molecule has 0 unspecified atom stereocenters. The highest BCUT2D eigenvalue weighted by molar-refractivity contribution is 5.85. The van der Waals surface area contributed by atoms with Gasteiger partial charge in [0.25, 0.3) is 0 Å². The highest BCUT2D eigenvalue weighted by Crippen LogP contribution is 2.45. The van der Waals surface area contributed by atoms with Gasteiger partial charge in [-0.1, -0.05) is 30.4 Å². The predicted molar refractivity (Wildman–Crippen MR) is 129 cm³/mol. The third-order valence-electron chi connectivity index (χ3n) is 7.76. The van der Waals surface area contributed by atoms with Crippen LogP contribution in [0.2, 0.25) is 0 Å². The molecule has 2 aromatic rings. The molecule has 2 aliphatic rings. The zero-order valence-electron chi connectivity index (χ0n) is 19.5. The Morgan fingerprint density at radius 2 is 1.53 bits per heavy atom. The van der Waals surface area contributed by atoms with Crippen molar-refractivity contribution in [3.05, 3.63) is 65.8 Å². The van der Waals surface area contributed by atoms with Gasteiger partial charge in [0.1, 0.15) is 12.4 Å². The second kappa shape index (κ2) is 10.6. The molecule has 0 amide bonds. The molecule has 0 aliphatic heterocycles. The maximum atomic E-state index is 15.1. The Hall–Kier alpha value is -2.16. The molecule has 1 nitrogen and oxygen atoms in total. The van der Waals surface area contributed by atoms with Crippen molar-refractivity contribution in [1.82, 2.24) is 0 Å². The van der Waals surface area contributed by atoms with Gasteiger partial charge in [0.2, 0.25) is 0 Å². The molecule has 0 atom stereocenters. The van der Waals surface area contributed by atoms with Gasteiger partial charge in [-0.3, -0.25) is 0 Å². The predicted octanol–water partition coefficient (Wildman–Crippen LogP) is 8.73. The quantitative estimate of drug-likeness (QED) is 0.410. The summed E-state index contributed by atoms with van der Waals surface area (Å²) in [5.74, 6) is 1.61. The van der Waals surface area contributed by atoms with Crippen molar-refractivity contribution in [2.45, 2.75) is 71.1 Å². The summed E-state index contributed by atoms with van der Waals surface area (Å²) in [5.41, 5.74) is 0.563. The molecule has 3 heteroatoms. The van der Waals surface area contributed by atoms with E-state index in [1.807, 2.05) is 37.3 Å². The van der Waals surface area contributed by atoms with E-state index in [9.17, 15) is 4.39 Å². The lowest BCUT2D eigenvalue weighted by Gasteiger charge is -2.37. The molecule has 4 rings (SSSR count). The van der Waals surface area contributed by atoms with Crippen LogP contribution >= 0.6 is 0 Å². The molecule has 32 heavy (non-hydrogen) atoms. The molecule has 0 heterocycles. The second-order valence-corrected chi connectivity index (χ2v) is 9.67. The first-order chi connectivity index (χ1) is 15.6. The molecule has 2 fully saturated rings. The molecule has 0 N–H and O–H groups in total. The molecule has 0 bridgehead atoms. The lowest BCUT2D eigenvalue weighted by atomic mass is 9.68. The van der Waals surface area contributed by atoms with Gasteiger partial charge >= 0.3 is 0 Å². The molecule has 2 aliphatic carbocycles. The van der Waals surface area contributed by atoms with Crippen molar-refractivity contribution in [1.29, 1.82) is 0 Å². The van der Waals surface area contributed by atoms with Crippen LogP contribution in [-0.2, 0) is 0 Å². The minimum absolute atomic E-state index is 0.120. The molecular weight excluding hydrogens is 402 g/mol. The van der Waals surface area contributed by atoms with Crippen LogP contribution in [-0.4, -0.2) is 6.61 Å². The van der Waals surface area contributed by atoms with Crippen LogP contribution in [0.4, 0.5) is 8.78 Å². The summed E-state index contributed by atoms with van der Waals surface area (Å²) in [5, 5.41) is 1.05. The standard InChI is InChI=1S/C29H36F2O/c1-3-5-17-32-25-16-15-24-18-26(28(30)29(31)27(24)19-25)23-13-11-22(12-14-23)21-9-7-20(6-4-2)8-10-21/h3-6,15-16,18-23H,7-14,17H2,1-2H3/b5-3+,6-4+. The Kier molecular flexibility index (Phi) is 7.65. The van der Waals surface area contributed by atoms with Crippen LogP contribution < -0.4 is 4.74 Å². The number of allylic oxidation sites excluding steroid dienone is 3. The Morgan fingerprint density at radius 1 is 0.844 bits per heavy atom. The van der Waals surface area contributed by atoms with E-state index in [4.69, 9.17) is 4.74 Å². The molecule has 0 saturated heterocycles. The smallest absolute Gasteiger partial charge is 0.167 e. The summed E-state index contributed by atoms with van der Waals surface area (Å²) >= 11 is 0. The number of fused-ring (bicyclic) bond motifs is 1. The van der Waals surface area contributed by atoms with E-state index in [1.54, 1.807) is 6.07 Å². The topological polar surface area (TPSA) is 9.23 Å². The first kappa shape index (κ1) is 23.0. The fourth-order valence-corrected chi connectivity index (χ4v) is 5.94. The Balaban J connectivity index is 1.43. The van der Waals surface area contributed by atoms with Gasteiger partial charge in [-0.2, -0.15) is 0 Å². The van der Waals surface area contributed by atoms with E-state index in [-0.39, 0.29) is 5.92 Å². The van der Waals surface area contributed by atoms with E-state index in [2.05, 4.69) is 19.1 Å². The number of rotatable bonds is 6. The van der Waals surface area contributed by atoms with Crippen LogP contribution in [0.15, 0.2) is 48.6 Å². The van der Waals surface area contributed by atoms with Gasteiger partial charge in [-0.05, 0) is 118 Å². The largest absolute Gasteiger partial charge is 0.490 e. The van der Waals surface area contributed by atoms with Crippen LogP contribution in [0.3, 0.4) is 0 Å². The van der Waals surface area contributed by atoms with Crippen LogP contribution in [0.25, 0.3) is 10.8 Å². The van der Waals surface area contributed by atoms with Gasteiger partial charge in [-0.15, -0.1) is 0 Å². The van der Waals surface area contributed by atoms with E-state index >= 15 is 4.39 Å². The SMILES string of the molecule is C/C=C/COc1ccc2cc(C3CCC(C4CCC(/C=C/C)CC4)CC3)c(F)c(F)c2c1. The van der Waals surface area contributed by atoms with E-state index in [0.29, 0.717) is 23.3 Å². The number of ether oxygens (including phenoxy) is 1. The van der Waals surface area contributed by atoms with Gasteiger partial charge in [0.05, 0.1) is 0 Å². The van der Waals surface area contributed by atoms with Crippen molar-refractivity contribution in [2.24, 2.45) is 17.8 Å². The van der Waals surface area contributed by atoms with Gasteiger partial charge in [0.15, 0.2) is 11.6 Å². The first-order valence-corrected chi connectivity index (χ1v) is 12.4. The average molecular weight is 439 g/mol. The average Bonchev–Trinajstić information content (AvgIpc) is 2.83. The zero-order valence-corrected chi connectivity index (χ0v) is 19.5. The number of hydrogen-bond donors (Lipinski definition) is 0. The van der Waals surface area contributed by atoms with Crippen molar-refractivity contribution < 1.29 is 13.5 Å². The maximum Gasteiger partial charge on any atom is 0.167 e. The molecule has 2 saturated carbocycles. The third kappa shape index (κ3) is 5.08. The number of hydrogen-bond acceptors (Lipinski definition) is 1. The van der Waals surface area contributed by atoms with E-state index in [0.717, 1.165) is 48.8 Å². The van der Waals surface area contributed by atoms with Gasteiger partial charge < -0.3 is 4.74 Å². The maximum absolute atomic E-state index is 15.1. The van der Waals surface area contributed by atoms with Gasteiger partial charge in [0, 0.05) is 5.39 Å². The normalized spacial score (nSPS) is 26.9. The lowest BCUT2D eigenvalue weighted by Crippen LogP contribution is -2.25. The fraction of sp³-hybridized carbons (Fsp3) is 0.517. The molecule has 172 valence electrons. The fourth-order valence-electron chi connectivity index (χ4n) is 5.94. The van der Waals surface area contributed by atoms with Crippen LogP contribution in [0.1, 0.15) is 76.7 Å². The van der Waals surface area contributed by atoms with E-state index in [1.165, 1.54) is 25.7 Å². The number of benzene rings is 2. The summed E-state index contributed by atoms with van der Waals surface area (Å²) in [6.07, 6.45) is 17.8. The Morgan fingerprint density at radius 3 is 2.19 bits per heavy atom. The monoisotopic (exact) mass is 438 g/mol. The molecule has 2 aromatic carbocycles. The van der Waals surface area contributed by atoms with Crippen molar-refractivity contribution >= 4 is 10.8 Å². The summed E-state index contributed by atoms with van der Waals surface area (Å²) in [6.45, 7) is 4.45. The Labute approximate surface area is 191 Å². The van der Waals surface area contributed by atoms with Crippen molar-refractivity contribution in [3.63, 3.8) is 0 Å². The summed E-state index contributed by atoms with van der Waals surface area (Å²) in [4.78, 5) is 0. The van der Waals surface area contributed by atoms with Gasteiger partial charge in [-0.25, -0.2) is 8.78 Å². The Bertz CT molecular complexity index is 961. The summed E-state index contributed by atoms with van der Waals surface area (Å²) in [7, 11) is 0. The minimum Gasteiger partial charge on any atom is -0.490 e. The lowest BCUT2D eigenvalue weighted by molar-refractivity contribution is 0.170. The van der Waals surface area contributed by atoms with E-state index < -0.39 is 11.6 Å². The van der Waals surface area contributed by atoms with Crippen molar-refractivity contribution in [2.75, 3.05) is 6.61 Å². The third-order valence-corrected chi connectivity index (χ3v) is 7.76. The van der Waals surface area contributed by atoms with Crippen LogP contribution in [0.5, 0.6) is 5.75 Å². The van der Waals surface area contributed by atoms with Crippen LogP contribution in [0, 0.1) is 29.4 Å². The molecule has 0 aromatic heterocycles. The molecule has 0 radical (unpaired) electrons. The first-order valence-electron chi connectivity index (χ1n) is 12.4.